The minimum atomic E-state index is -0.0591. The van der Waals surface area contributed by atoms with Crippen LogP contribution in [0.3, 0.4) is 0 Å². The summed E-state index contributed by atoms with van der Waals surface area (Å²) in [6.45, 7) is 4.80. The number of nitrogens with one attached hydrogen (secondary N) is 1. The summed E-state index contributed by atoms with van der Waals surface area (Å²) in [4.78, 5) is 18.6. The van der Waals surface area contributed by atoms with Crippen LogP contribution in [0.5, 0.6) is 0 Å². The summed E-state index contributed by atoms with van der Waals surface area (Å²) in [5, 5.41) is 10.3. The highest BCUT2D eigenvalue weighted by Crippen LogP contribution is 2.33. The Balaban J connectivity index is 1.27. The molecule has 4 aromatic rings. The lowest BCUT2D eigenvalue weighted by Gasteiger charge is -2.36. The molecule has 1 atom stereocenters. The number of fused-ring (bicyclic) bond motifs is 2. The van der Waals surface area contributed by atoms with Gasteiger partial charge in [0.2, 0.25) is 0 Å². The molecule has 1 aliphatic heterocycles. The third-order valence-electron chi connectivity index (χ3n) is 6.28. The van der Waals surface area contributed by atoms with E-state index in [0.717, 1.165) is 25.9 Å². The first-order valence-electron chi connectivity index (χ1n) is 10.3. The molecule has 0 spiro atoms. The van der Waals surface area contributed by atoms with Gasteiger partial charge in [-0.15, -0.1) is 5.10 Å². The number of hydrogen-bond acceptors (Lipinski definition) is 4. The number of H-pyrrole nitrogens is 1. The van der Waals surface area contributed by atoms with Crippen LogP contribution >= 0.6 is 0 Å². The minimum absolute atomic E-state index is 0.0591. The monoisotopic (exact) mass is 387 g/mol. The minimum Gasteiger partial charge on any atom is -0.361 e. The van der Waals surface area contributed by atoms with E-state index in [0.29, 0.717) is 23.4 Å². The number of aromatic nitrogens is 4. The van der Waals surface area contributed by atoms with Gasteiger partial charge in [-0.2, -0.15) is 0 Å². The van der Waals surface area contributed by atoms with E-state index in [4.69, 9.17) is 0 Å². The van der Waals surface area contributed by atoms with Crippen LogP contribution in [0.15, 0.2) is 59.5 Å². The van der Waals surface area contributed by atoms with Crippen molar-refractivity contribution >= 4 is 21.8 Å². The molecule has 1 unspecified atom stereocenters. The first kappa shape index (κ1) is 18.1. The third kappa shape index (κ3) is 3.34. The van der Waals surface area contributed by atoms with E-state index >= 15 is 0 Å². The normalized spacial score (nSPS) is 17.1. The van der Waals surface area contributed by atoms with Crippen molar-refractivity contribution in [2.75, 3.05) is 13.1 Å². The molecule has 3 heterocycles. The van der Waals surface area contributed by atoms with Gasteiger partial charge in [0.05, 0.1) is 11.9 Å². The second-order valence-corrected chi connectivity index (χ2v) is 8.04. The van der Waals surface area contributed by atoms with Crippen LogP contribution in [0.1, 0.15) is 31.2 Å². The number of para-hydroxylation sites is 1. The maximum Gasteiger partial charge on any atom is 0.277 e. The van der Waals surface area contributed by atoms with E-state index in [1.54, 1.807) is 0 Å². The van der Waals surface area contributed by atoms with Gasteiger partial charge in [0.1, 0.15) is 5.52 Å². The lowest BCUT2D eigenvalue weighted by molar-refractivity contribution is 0.144. The SMILES string of the molecule is CC(Cn1nnc2ccccc2c1=O)N1CCC(c2c[nH]c3ccccc23)CC1. The summed E-state index contributed by atoms with van der Waals surface area (Å²) >= 11 is 0. The highest BCUT2D eigenvalue weighted by molar-refractivity contribution is 5.83. The number of piperidine rings is 1. The summed E-state index contributed by atoms with van der Waals surface area (Å²) in [6, 6.07) is 16.2. The van der Waals surface area contributed by atoms with Gasteiger partial charge < -0.3 is 4.98 Å². The summed E-state index contributed by atoms with van der Waals surface area (Å²) in [5.74, 6) is 0.581. The zero-order valence-corrected chi connectivity index (χ0v) is 16.6. The quantitative estimate of drug-likeness (QED) is 0.582. The second-order valence-electron chi connectivity index (χ2n) is 8.04. The summed E-state index contributed by atoms with van der Waals surface area (Å²) in [6.07, 6.45) is 4.44. The highest BCUT2D eigenvalue weighted by atomic mass is 16.1. The summed E-state index contributed by atoms with van der Waals surface area (Å²) in [5.41, 5.74) is 3.24. The predicted molar refractivity (Wildman–Crippen MR) is 115 cm³/mol. The Labute approximate surface area is 169 Å². The molecule has 6 heteroatoms. The zero-order chi connectivity index (χ0) is 19.8. The maximum absolute atomic E-state index is 12.7. The Hall–Kier alpha value is -2.99. The van der Waals surface area contributed by atoms with E-state index < -0.39 is 0 Å². The molecule has 0 amide bonds. The molecule has 0 aliphatic carbocycles. The van der Waals surface area contributed by atoms with Gasteiger partial charge in [-0.3, -0.25) is 9.69 Å². The van der Waals surface area contributed by atoms with Crippen molar-refractivity contribution in [3.8, 4) is 0 Å². The van der Waals surface area contributed by atoms with Crippen LogP contribution < -0.4 is 5.56 Å². The lowest BCUT2D eigenvalue weighted by Crippen LogP contribution is -2.43. The average Bonchev–Trinajstić information content (AvgIpc) is 3.20. The molecule has 1 aliphatic rings. The van der Waals surface area contributed by atoms with E-state index in [-0.39, 0.29) is 11.6 Å². The molecular formula is C23H25N5O. The first-order valence-corrected chi connectivity index (χ1v) is 10.3. The van der Waals surface area contributed by atoms with Crippen molar-refractivity contribution in [1.29, 1.82) is 0 Å². The number of aromatic amines is 1. The topological polar surface area (TPSA) is 66.8 Å². The maximum atomic E-state index is 12.7. The van der Waals surface area contributed by atoms with Crippen molar-refractivity contribution in [3.05, 3.63) is 70.6 Å². The number of nitrogens with zero attached hydrogens (tertiary/aromatic N) is 4. The van der Waals surface area contributed by atoms with Gasteiger partial charge >= 0.3 is 0 Å². The molecule has 2 aromatic carbocycles. The van der Waals surface area contributed by atoms with Crippen molar-refractivity contribution in [2.45, 2.75) is 38.3 Å². The van der Waals surface area contributed by atoms with Crippen LogP contribution in [0.25, 0.3) is 21.8 Å². The number of rotatable bonds is 4. The number of hydrogen-bond donors (Lipinski definition) is 1. The Morgan fingerprint density at radius 3 is 2.62 bits per heavy atom. The van der Waals surface area contributed by atoms with Gasteiger partial charge in [0, 0.05) is 23.1 Å². The molecule has 0 bridgehead atoms. The van der Waals surface area contributed by atoms with Crippen molar-refractivity contribution in [1.82, 2.24) is 24.9 Å². The number of benzene rings is 2. The highest BCUT2D eigenvalue weighted by Gasteiger charge is 2.26. The molecule has 148 valence electrons. The van der Waals surface area contributed by atoms with Crippen molar-refractivity contribution in [3.63, 3.8) is 0 Å². The van der Waals surface area contributed by atoms with Gasteiger partial charge in [-0.1, -0.05) is 35.5 Å². The fourth-order valence-corrected chi connectivity index (χ4v) is 4.59. The second kappa shape index (κ2) is 7.44. The molecule has 0 saturated carbocycles. The summed E-state index contributed by atoms with van der Waals surface area (Å²) < 4.78 is 1.51. The van der Waals surface area contributed by atoms with E-state index in [2.05, 4.69) is 57.6 Å². The molecule has 6 nitrogen and oxygen atoms in total. The lowest BCUT2D eigenvalue weighted by atomic mass is 9.88. The molecule has 1 N–H and O–H groups in total. The average molecular weight is 387 g/mol. The molecule has 2 aromatic heterocycles. The Kier molecular flexibility index (Phi) is 4.64. The molecular weight excluding hydrogens is 362 g/mol. The van der Waals surface area contributed by atoms with Gasteiger partial charge in [0.15, 0.2) is 0 Å². The van der Waals surface area contributed by atoms with Crippen LogP contribution in [0, 0.1) is 0 Å². The molecule has 0 radical (unpaired) electrons. The van der Waals surface area contributed by atoms with E-state index in [1.807, 2.05) is 24.3 Å². The van der Waals surface area contributed by atoms with Gasteiger partial charge in [-0.25, -0.2) is 4.68 Å². The van der Waals surface area contributed by atoms with Crippen LogP contribution in [-0.2, 0) is 6.54 Å². The van der Waals surface area contributed by atoms with Crippen LogP contribution in [-0.4, -0.2) is 44.0 Å². The molecule has 29 heavy (non-hydrogen) atoms. The Bertz CT molecular complexity index is 1200. The van der Waals surface area contributed by atoms with Crippen LogP contribution in [0.4, 0.5) is 0 Å². The van der Waals surface area contributed by atoms with Crippen LogP contribution in [0.2, 0.25) is 0 Å². The Morgan fingerprint density at radius 1 is 1.07 bits per heavy atom. The smallest absolute Gasteiger partial charge is 0.277 e. The fraction of sp³-hybridized carbons (Fsp3) is 0.348. The van der Waals surface area contributed by atoms with Crippen molar-refractivity contribution < 1.29 is 0 Å². The summed E-state index contributed by atoms with van der Waals surface area (Å²) in [7, 11) is 0. The fourth-order valence-electron chi connectivity index (χ4n) is 4.59. The number of likely N-dealkylation sites (tertiary alicyclic amines) is 1. The van der Waals surface area contributed by atoms with Gasteiger partial charge in [-0.05, 0) is 62.5 Å². The van der Waals surface area contributed by atoms with E-state index in [9.17, 15) is 4.79 Å². The van der Waals surface area contributed by atoms with Gasteiger partial charge in [0.25, 0.3) is 5.56 Å². The van der Waals surface area contributed by atoms with E-state index in [1.165, 1.54) is 21.1 Å². The zero-order valence-electron chi connectivity index (χ0n) is 16.6. The molecule has 1 saturated heterocycles. The molecule has 5 rings (SSSR count). The standard InChI is InChI=1S/C23H25N5O/c1-16(15-28-23(29)19-7-3-5-9-22(19)25-26-28)27-12-10-17(11-13-27)20-14-24-21-8-4-2-6-18(20)21/h2-9,14,16-17,24H,10-13,15H2,1H3. The Morgan fingerprint density at radius 2 is 1.79 bits per heavy atom. The first-order chi connectivity index (χ1) is 14.2. The third-order valence-corrected chi connectivity index (χ3v) is 6.28. The largest absolute Gasteiger partial charge is 0.361 e. The molecule has 1 fully saturated rings. The van der Waals surface area contributed by atoms with Crippen molar-refractivity contribution in [2.24, 2.45) is 0 Å². The predicted octanol–water partition coefficient (Wildman–Crippen LogP) is 3.54.